The predicted octanol–water partition coefficient (Wildman–Crippen LogP) is 0.993. The van der Waals surface area contributed by atoms with Gasteiger partial charge in [-0.15, -0.1) is 0 Å². The van der Waals surface area contributed by atoms with Crippen LogP contribution in [0.5, 0.6) is 0 Å². The topological polar surface area (TPSA) is 78.3 Å². The van der Waals surface area contributed by atoms with E-state index < -0.39 is 0 Å². The minimum atomic E-state index is -0.229. The summed E-state index contributed by atoms with van der Waals surface area (Å²) >= 11 is 0. The second kappa shape index (κ2) is 6.63. The molecular formula is C12H20N4O3. The first-order chi connectivity index (χ1) is 9.16. The Kier molecular flexibility index (Phi) is 4.86. The molecule has 1 N–H and O–H groups in total. The lowest BCUT2D eigenvalue weighted by atomic mass is 10.2. The van der Waals surface area contributed by atoms with Gasteiger partial charge in [0.15, 0.2) is 0 Å². The van der Waals surface area contributed by atoms with E-state index in [0.29, 0.717) is 12.6 Å². The number of aromatic nitrogens is 3. The standard InChI is InChI=1S/C12H20N4O3/c1-9(2)16-12(13-8-14-16)15-11(17)7-18-6-10-4-3-5-19-10/h8-10H,3-7H2,1-2H3,(H,13,14,15,17). The highest BCUT2D eigenvalue weighted by Gasteiger charge is 2.16. The van der Waals surface area contributed by atoms with E-state index in [1.807, 2.05) is 13.8 Å². The number of nitrogens with zero attached hydrogens (tertiary/aromatic N) is 3. The van der Waals surface area contributed by atoms with Gasteiger partial charge in [0.25, 0.3) is 5.91 Å². The van der Waals surface area contributed by atoms with Crippen LogP contribution >= 0.6 is 0 Å². The highest BCUT2D eigenvalue weighted by Crippen LogP contribution is 2.12. The average Bonchev–Trinajstić information content (AvgIpc) is 2.99. The zero-order chi connectivity index (χ0) is 13.7. The van der Waals surface area contributed by atoms with Crippen LogP contribution in [0.25, 0.3) is 0 Å². The first-order valence-corrected chi connectivity index (χ1v) is 6.55. The molecule has 0 aromatic carbocycles. The van der Waals surface area contributed by atoms with Crippen LogP contribution in [0, 0.1) is 0 Å². The third-order valence-corrected chi connectivity index (χ3v) is 2.87. The second-order valence-electron chi connectivity index (χ2n) is 4.82. The molecule has 1 saturated heterocycles. The van der Waals surface area contributed by atoms with Crippen LogP contribution in [0.15, 0.2) is 6.33 Å². The Balaban J connectivity index is 1.72. The summed E-state index contributed by atoms with van der Waals surface area (Å²) in [4.78, 5) is 15.7. The van der Waals surface area contributed by atoms with Gasteiger partial charge >= 0.3 is 0 Å². The molecule has 1 aromatic heterocycles. The van der Waals surface area contributed by atoms with Crippen molar-refractivity contribution in [3.63, 3.8) is 0 Å². The minimum absolute atomic E-state index is 0.00478. The van der Waals surface area contributed by atoms with Crippen LogP contribution in [-0.2, 0) is 14.3 Å². The number of anilines is 1. The van der Waals surface area contributed by atoms with Crippen molar-refractivity contribution in [2.75, 3.05) is 25.1 Å². The van der Waals surface area contributed by atoms with E-state index in [1.165, 1.54) is 6.33 Å². The Hall–Kier alpha value is -1.47. The van der Waals surface area contributed by atoms with E-state index in [0.717, 1.165) is 19.4 Å². The molecule has 1 aromatic rings. The quantitative estimate of drug-likeness (QED) is 0.832. The zero-order valence-electron chi connectivity index (χ0n) is 11.3. The fourth-order valence-corrected chi connectivity index (χ4v) is 1.94. The summed E-state index contributed by atoms with van der Waals surface area (Å²) < 4.78 is 12.4. The Morgan fingerprint density at radius 1 is 1.68 bits per heavy atom. The Morgan fingerprint density at radius 2 is 2.53 bits per heavy atom. The third kappa shape index (κ3) is 4.00. The van der Waals surface area contributed by atoms with Crippen molar-refractivity contribution in [2.24, 2.45) is 0 Å². The summed E-state index contributed by atoms with van der Waals surface area (Å²) in [5.74, 6) is 0.216. The van der Waals surface area contributed by atoms with Crippen LogP contribution in [0.2, 0.25) is 0 Å². The summed E-state index contributed by atoms with van der Waals surface area (Å²) in [5, 5.41) is 6.72. The van der Waals surface area contributed by atoms with E-state index in [1.54, 1.807) is 4.68 Å². The van der Waals surface area contributed by atoms with E-state index >= 15 is 0 Å². The van der Waals surface area contributed by atoms with Crippen LogP contribution in [0.1, 0.15) is 32.7 Å². The molecule has 0 radical (unpaired) electrons. The molecule has 1 aliphatic rings. The summed E-state index contributed by atoms with van der Waals surface area (Å²) in [6.45, 7) is 5.20. The van der Waals surface area contributed by atoms with Gasteiger partial charge in [0.2, 0.25) is 5.95 Å². The average molecular weight is 268 g/mol. The fraction of sp³-hybridized carbons (Fsp3) is 0.750. The summed E-state index contributed by atoms with van der Waals surface area (Å²) in [6, 6.07) is 0.144. The number of ether oxygens (including phenoxy) is 2. The van der Waals surface area contributed by atoms with Crippen LogP contribution < -0.4 is 5.32 Å². The third-order valence-electron chi connectivity index (χ3n) is 2.87. The predicted molar refractivity (Wildman–Crippen MR) is 68.8 cm³/mol. The van der Waals surface area contributed by atoms with Gasteiger partial charge in [-0.25, -0.2) is 4.68 Å². The van der Waals surface area contributed by atoms with E-state index in [9.17, 15) is 4.79 Å². The first-order valence-electron chi connectivity index (χ1n) is 6.55. The number of hydrogen-bond acceptors (Lipinski definition) is 5. The second-order valence-corrected chi connectivity index (χ2v) is 4.82. The molecule has 1 atom stereocenters. The number of amides is 1. The Labute approximate surface area is 112 Å². The smallest absolute Gasteiger partial charge is 0.252 e. The highest BCUT2D eigenvalue weighted by molar-refractivity contribution is 5.90. The van der Waals surface area contributed by atoms with Gasteiger partial charge in [0, 0.05) is 6.61 Å². The molecule has 0 spiro atoms. The van der Waals surface area contributed by atoms with Gasteiger partial charge in [-0.05, 0) is 26.7 Å². The van der Waals surface area contributed by atoms with E-state index in [4.69, 9.17) is 9.47 Å². The van der Waals surface area contributed by atoms with Crippen molar-refractivity contribution >= 4 is 11.9 Å². The maximum atomic E-state index is 11.7. The Bertz CT molecular complexity index is 413. The maximum absolute atomic E-state index is 11.7. The zero-order valence-corrected chi connectivity index (χ0v) is 11.3. The molecular weight excluding hydrogens is 248 g/mol. The van der Waals surface area contributed by atoms with Gasteiger partial charge in [-0.1, -0.05) is 0 Å². The molecule has 1 amide bonds. The molecule has 1 unspecified atom stereocenters. The van der Waals surface area contributed by atoms with E-state index in [-0.39, 0.29) is 24.7 Å². The molecule has 0 aliphatic carbocycles. The Morgan fingerprint density at radius 3 is 3.21 bits per heavy atom. The van der Waals surface area contributed by atoms with Crippen molar-refractivity contribution in [3.05, 3.63) is 6.33 Å². The normalized spacial score (nSPS) is 19.0. The molecule has 1 aliphatic heterocycles. The van der Waals surface area contributed by atoms with Crippen LogP contribution in [0.4, 0.5) is 5.95 Å². The number of nitrogens with one attached hydrogen (secondary N) is 1. The largest absolute Gasteiger partial charge is 0.376 e. The van der Waals surface area contributed by atoms with Gasteiger partial charge in [0.05, 0.1) is 18.8 Å². The monoisotopic (exact) mass is 268 g/mol. The van der Waals surface area contributed by atoms with Gasteiger partial charge < -0.3 is 9.47 Å². The van der Waals surface area contributed by atoms with Gasteiger partial charge in [-0.3, -0.25) is 10.1 Å². The van der Waals surface area contributed by atoms with Crippen molar-refractivity contribution in [2.45, 2.75) is 38.8 Å². The molecule has 0 saturated carbocycles. The van der Waals surface area contributed by atoms with Crippen molar-refractivity contribution in [1.29, 1.82) is 0 Å². The molecule has 0 bridgehead atoms. The molecule has 7 heteroatoms. The molecule has 2 rings (SSSR count). The molecule has 7 nitrogen and oxygen atoms in total. The molecule has 1 fully saturated rings. The lowest BCUT2D eigenvalue weighted by molar-refractivity contribution is -0.121. The number of rotatable bonds is 6. The number of carbonyl (C=O) groups excluding carboxylic acids is 1. The van der Waals surface area contributed by atoms with Gasteiger partial charge in [0.1, 0.15) is 12.9 Å². The SMILES string of the molecule is CC(C)n1ncnc1NC(=O)COCC1CCCO1. The summed E-state index contributed by atoms with van der Waals surface area (Å²) in [7, 11) is 0. The van der Waals surface area contributed by atoms with E-state index in [2.05, 4.69) is 15.4 Å². The van der Waals surface area contributed by atoms with Crippen molar-refractivity contribution in [1.82, 2.24) is 14.8 Å². The number of carbonyl (C=O) groups is 1. The van der Waals surface area contributed by atoms with Gasteiger partial charge in [-0.2, -0.15) is 10.1 Å². The summed E-state index contributed by atoms with van der Waals surface area (Å²) in [5.41, 5.74) is 0. The molecule has 19 heavy (non-hydrogen) atoms. The number of hydrogen-bond donors (Lipinski definition) is 1. The lowest BCUT2D eigenvalue weighted by Gasteiger charge is -2.11. The first kappa shape index (κ1) is 14.0. The van der Waals surface area contributed by atoms with Crippen molar-refractivity contribution < 1.29 is 14.3 Å². The minimum Gasteiger partial charge on any atom is -0.376 e. The maximum Gasteiger partial charge on any atom is 0.252 e. The lowest BCUT2D eigenvalue weighted by Crippen LogP contribution is -2.24. The van der Waals surface area contributed by atoms with Crippen LogP contribution in [-0.4, -0.2) is 46.6 Å². The molecule has 106 valence electrons. The highest BCUT2D eigenvalue weighted by atomic mass is 16.5. The van der Waals surface area contributed by atoms with Crippen molar-refractivity contribution in [3.8, 4) is 0 Å². The summed E-state index contributed by atoms with van der Waals surface area (Å²) in [6.07, 6.45) is 3.62. The molecule has 2 heterocycles. The van der Waals surface area contributed by atoms with Crippen LogP contribution in [0.3, 0.4) is 0 Å². The fourth-order valence-electron chi connectivity index (χ4n) is 1.94.